The summed E-state index contributed by atoms with van der Waals surface area (Å²) < 4.78 is 5.71. The molecule has 2 rings (SSSR count). The quantitative estimate of drug-likeness (QED) is 0.278. The van der Waals surface area contributed by atoms with Crippen LogP contribution in [0.5, 0.6) is 0 Å². The summed E-state index contributed by atoms with van der Waals surface area (Å²) in [6.07, 6.45) is 3.99. The summed E-state index contributed by atoms with van der Waals surface area (Å²) in [4.78, 5) is 18.5. The maximum absolute atomic E-state index is 11.9. The van der Waals surface area contributed by atoms with E-state index in [1.807, 2.05) is 7.05 Å². The molecule has 3 N–H and O–H groups in total. The van der Waals surface area contributed by atoms with Crippen molar-refractivity contribution in [2.75, 3.05) is 40.3 Å². The molecule has 2 atom stereocenters. The number of ether oxygens (including phenoxy) is 1. The largest absolute Gasteiger partial charge is 0.378 e. The monoisotopic (exact) mass is 509 g/mol. The second-order valence-electron chi connectivity index (χ2n) is 8.67. The molecular weight excluding hydrogens is 469 g/mol. The number of hydrogen-bond acceptors (Lipinski definition) is 4. The number of rotatable bonds is 7. The summed E-state index contributed by atoms with van der Waals surface area (Å²) in [5.74, 6) is 1.000. The summed E-state index contributed by atoms with van der Waals surface area (Å²) in [7, 11) is 3.62. The molecule has 1 heterocycles. The molecule has 1 amide bonds. The van der Waals surface area contributed by atoms with E-state index in [9.17, 15) is 4.79 Å². The molecule has 0 spiro atoms. The van der Waals surface area contributed by atoms with Gasteiger partial charge in [0.1, 0.15) is 0 Å². The van der Waals surface area contributed by atoms with Crippen LogP contribution in [-0.2, 0) is 9.53 Å². The van der Waals surface area contributed by atoms with Crippen molar-refractivity contribution in [3.8, 4) is 0 Å². The fourth-order valence-corrected chi connectivity index (χ4v) is 4.01. The number of halogens is 1. The molecule has 0 aromatic heterocycles. The van der Waals surface area contributed by atoms with Gasteiger partial charge in [-0.05, 0) is 32.6 Å². The van der Waals surface area contributed by atoms with Gasteiger partial charge >= 0.3 is 0 Å². The van der Waals surface area contributed by atoms with Crippen LogP contribution in [0.1, 0.15) is 53.4 Å². The Morgan fingerprint density at radius 2 is 1.86 bits per heavy atom. The first-order valence-electron chi connectivity index (χ1n) is 10.3. The maximum atomic E-state index is 11.9. The highest BCUT2D eigenvalue weighted by Gasteiger charge is 2.58. The minimum Gasteiger partial charge on any atom is -0.378 e. The Hall–Kier alpha value is -0.610. The van der Waals surface area contributed by atoms with Crippen LogP contribution in [0.25, 0.3) is 0 Å². The van der Waals surface area contributed by atoms with Crippen LogP contribution < -0.4 is 16.0 Å². The van der Waals surface area contributed by atoms with Crippen LogP contribution in [0.3, 0.4) is 0 Å². The molecule has 0 aromatic rings. The first-order valence-corrected chi connectivity index (χ1v) is 10.3. The predicted octanol–water partition coefficient (Wildman–Crippen LogP) is 1.96. The fourth-order valence-electron chi connectivity index (χ4n) is 4.01. The minimum absolute atomic E-state index is 0. The second-order valence-corrected chi connectivity index (χ2v) is 8.67. The lowest BCUT2D eigenvalue weighted by Gasteiger charge is -2.59. The Morgan fingerprint density at radius 3 is 2.36 bits per heavy atom. The van der Waals surface area contributed by atoms with Crippen molar-refractivity contribution in [1.29, 1.82) is 0 Å². The lowest BCUT2D eigenvalue weighted by Crippen LogP contribution is -2.69. The normalized spacial score (nSPS) is 28.1. The number of likely N-dealkylation sites (tertiary alicyclic amines) is 1. The van der Waals surface area contributed by atoms with Crippen molar-refractivity contribution in [3.63, 3.8) is 0 Å². The Kier molecular flexibility index (Phi) is 9.96. The molecular formula is C20H40IN5O2. The summed E-state index contributed by atoms with van der Waals surface area (Å²) in [6, 6.07) is 0.735. The van der Waals surface area contributed by atoms with Gasteiger partial charge in [-0.25, -0.2) is 0 Å². The Labute approximate surface area is 187 Å². The average Bonchev–Trinajstić information content (AvgIpc) is 2.66. The highest BCUT2D eigenvalue weighted by molar-refractivity contribution is 14.0. The molecule has 164 valence electrons. The van der Waals surface area contributed by atoms with E-state index >= 15 is 0 Å². The highest BCUT2D eigenvalue weighted by Crippen LogP contribution is 2.51. The van der Waals surface area contributed by atoms with Gasteiger partial charge in [0.2, 0.25) is 5.91 Å². The molecule has 28 heavy (non-hydrogen) atoms. The highest BCUT2D eigenvalue weighted by atomic mass is 127. The Morgan fingerprint density at radius 1 is 1.21 bits per heavy atom. The molecule has 1 aliphatic heterocycles. The summed E-state index contributed by atoms with van der Waals surface area (Å²) in [5, 5.41) is 10.1. The van der Waals surface area contributed by atoms with E-state index < -0.39 is 0 Å². The van der Waals surface area contributed by atoms with Crippen molar-refractivity contribution in [3.05, 3.63) is 0 Å². The number of methoxy groups -OCH3 is 1. The van der Waals surface area contributed by atoms with Crippen molar-refractivity contribution >= 4 is 35.8 Å². The van der Waals surface area contributed by atoms with E-state index in [4.69, 9.17) is 4.74 Å². The van der Waals surface area contributed by atoms with Gasteiger partial charge in [0.15, 0.2) is 5.96 Å². The second kappa shape index (κ2) is 11.0. The SMILES string of the molecule is CCCNC(=O)CN1CCC(NC(=NC)NC2CC(C)(OC)C2(C)C)CC1.I. The predicted molar refractivity (Wildman–Crippen MR) is 125 cm³/mol. The Bertz CT molecular complexity index is 535. The van der Waals surface area contributed by atoms with Gasteiger partial charge in [0, 0.05) is 51.3 Å². The number of nitrogens with zero attached hydrogens (tertiary/aromatic N) is 2. The average molecular weight is 509 g/mol. The molecule has 0 radical (unpaired) electrons. The molecule has 2 fully saturated rings. The number of aliphatic imine (C=N–C) groups is 1. The first kappa shape index (κ1) is 25.4. The van der Waals surface area contributed by atoms with Crippen LogP contribution in [-0.4, -0.2) is 74.8 Å². The molecule has 2 unspecified atom stereocenters. The smallest absolute Gasteiger partial charge is 0.234 e. The van der Waals surface area contributed by atoms with Gasteiger partial charge < -0.3 is 20.7 Å². The number of amides is 1. The van der Waals surface area contributed by atoms with Crippen LogP contribution in [0.15, 0.2) is 4.99 Å². The maximum Gasteiger partial charge on any atom is 0.234 e. The number of piperidine rings is 1. The van der Waals surface area contributed by atoms with Crippen molar-refractivity contribution in [2.24, 2.45) is 10.4 Å². The summed E-state index contributed by atoms with van der Waals surface area (Å²) in [6.45, 7) is 11.9. The number of nitrogens with one attached hydrogen (secondary N) is 3. The fraction of sp³-hybridized carbons (Fsp3) is 0.900. The zero-order valence-electron chi connectivity index (χ0n) is 18.4. The van der Waals surface area contributed by atoms with E-state index in [0.717, 1.165) is 51.3 Å². The zero-order valence-corrected chi connectivity index (χ0v) is 20.8. The molecule has 8 heteroatoms. The number of guanidine groups is 1. The van der Waals surface area contributed by atoms with E-state index in [-0.39, 0.29) is 40.9 Å². The molecule has 0 aromatic carbocycles. The topological polar surface area (TPSA) is 78.0 Å². The lowest BCUT2D eigenvalue weighted by molar-refractivity contribution is -0.176. The number of carbonyl (C=O) groups excluding carboxylic acids is 1. The van der Waals surface area contributed by atoms with E-state index in [1.54, 1.807) is 7.11 Å². The lowest BCUT2D eigenvalue weighted by atomic mass is 9.56. The van der Waals surface area contributed by atoms with Gasteiger partial charge in [0.05, 0.1) is 12.1 Å². The number of hydrogen-bond donors (Lipinski definition) is 3. The zero-order chi connectivity index (χ0) is 20.1. The van der Waals surface area contributed by atoms with Gasteiger partial charge in [0.25, 0.3) is 0 Å². The van der Waals surface area contributed by atoms with Crippen LogP contribution in [0, 0.1) is 5.41 Å². The van der Waals surface area contributed by atoms with Gasteiger partial charge in [-0.2, -0.15) is 0 Å². The van der Waals surface area contributed by atoms with Crippen LogP contribution in [0.2, 0.25) is 0 Å². The third-order valence-corrected chi connectivity index (χ3v) is 6.68. The van der Waals surface area contributed by atoms with E-state index in [1.165, 1.54) is 0 Å². The van der Waals surface area contributed by atoms with Crippen LogP contribution >= 0.6 is 24.0 Å². The third kappa shape index (κ3) is 5.95. The van der Waals surface area contributed by atoms with Crippen molar-refractivity contribution in [2.45, 2.75) is 71.1 Å². The van der Waals surface area contributed by atoms with Gasteiger partial charge in [-0.1, -0.05) is 20.8 Å². The first-order chi connectivity index (χ1) is 12.8. The molecule has 1 saturated heterocycles. The van der Waals surface area contributed by atoms with Crippen LogP contribution in [0.4, 0.5) is 0 Å². The summed E-state index contributed by atoms with van der Waals surface area (Å²) in [5.41, 5.74) is -0.0399. The van der Waals surface area contributed by atoms with Gasteiger partial charge in [-0.15, -0.1) is 24.0 Å². The number of carbonyl (C=O) groups is 1. The van der Waals surface area contributed by atoms with E-state index in [0.29, 0.717) is 18.6 Å². The third-order valence-electron chi connectivity index (χ3n) is 6.68. The molecule has 7 nitrogen and oxygen atoms in total. The molecule has 2 aliphatic rings. The van der Waals surface area contributed by atoms with Crippen molar-refractivity contribution in [1.82, 2.24) is 20.9 Å². The molecule has 1 saturated carbocycles. The minimum atomic E-state index is -0.0901. The molecule has 1 aliphatic carbocycles. The Balaban J connectivity index is 0.00000392. The van der Waals surface area contributed by atoms with E-state index in [2.05, 4.69) is 53.5 Å². The van der Waals surface area contributed by atoms with Crippen molar-refractivity contribution < 1.29 is 9.53 Å². The standard InChI is InChI=1S/C20H39N5O2.HI/c1-7-10-22-17(26)14-25-11-8-15(9-12-25)23-18(21-5)24-16-13-20(4,27-6)19(16,2)3;/h15-16H,7-14H2,1-6H3,(H,22,26)(H2,21,23,24);1H. The summed E-state index contributed by atoms with van der Waals surface area (Å²) >= 11 is 0. The van der Waals surface area contributed by atoms with Gasteiger partial charge in [-0.3, -0.25) is 14.7 Å². The molecule has 0 bridgehead atoms.